The first-order chi connectivity index (χ1) is 12.7. The Morgan fingerprint density at radius 1 is 0.852 bits per heavy atom. The normalized spacial score (nSPS) is 10.3. The molecule has 0 radical (unpaired) electrons. The Bertz CT molecular complexity index is 591. The highest BCUT2D eigenvalue weighted by Gasteiger charge is 2.11. The van der Waals surface area contributed by atoms with E-state index in [9.17, 15) is 0 Å². The molecule has 0 heterocycles. The first-order valence-corrected chi connectivity index (χ1v) is 9.96. The van der Waals surface area contributed by atoms with E-state index in [2.05, 4.69) is 89.6 Å². The van der Waals surface area contributed by atoms with Crippen molar-refractivity contribution < 1.29 is 0 Å². The van der Waals surface area contributed by atoms with Crippen LogP contribution in [0.25, 0.3) is 0 Å². The molecule has 0 saturated heterocycles. The SMILES string of the molecule is Br.CCN(CC)CCCNC(=S)N(Cc1ccccc1)Cc1ccccc1. The first-order valence-electron chi connectivity index (χ1n) is 9.56. The summed E-state index contributed by atoms with van der Waals surface area (Å²) in [6.07, 6.45) is 1.10. The fourth-order valence-corrected chi connectivity index (χ4v) is 3.19. The van der Waals surface area contributed by atoms with Crippen molar-refractivity contribution in [2.24, 2.45) is 0 Å². The standard InChI is InChI=1S/C22H31N3S.BrH/c1-3-24(4-2)17-11-16-23-22(26)25(18-20-12-7-5-8-13-20)19-21-14-9-6-10-15-21;/h5-10,12-15H,3-4,11,16-19H2,1-2H3,(H,23,26);1H. The molecule has 0 unspecified atom stereocenters. The van der Waals surface area contributed by atoms with Gasteiger partial charge in [-0.25, -0.2) is 0 Å². The van der Waals surface area contributed by atoms with Crippen molar-refractivity contribution in [1.82, 2.24) is 15.1 Å². The summed E-state index contributed by atoms with van der Waals surface area (Å²) in [5, 5.41) is 4.29. The maximum absolute atomic E-state index is 5.71. The molecule has 2 aromatic rings. The largest absolute Gasteiger partial charge is 0.363 e. The summed E-state index contributed by atoms with van der Waals surface area (Å²) in [7, 11) is 0. The summed E-state index contributed by atoms with van der Waals surface area (Å²) in [4.78, 5) is 4.69. The average molecular weight is 450 g/mol. The zero-order valence-corrected chi connectivity index (χ0v) is 19.0. The monoisotopic (exact) mass is 449 g/mol. The van der Waals surface area contributed by atoms with Crippen molar-refractivity contribution >= 4 is 34.3 Å². The smallest absolute Gasteiger partial charge is 0.169 e. The van der Waals surface area contributed by atoms with Crippen LogP contribution < -0.4 is 5.32 Å². The zero-order chi connectivity index (χ0) is 18.6. The molecule has 0 spiro atoms. The van der Waals surface area contributed by atoms with E-state index < -0.39 is 0 Å². The number of thiocarbonyl (C=S) groups is 1. The van der Waals surface area contributed by atoms with Gasteiger partial charge in [0.25, 0.3) is 0 Å². The van der Waals surface area contributed by atoms with Gasteiger partial charge in [-0.2, -0.15) is 0 Å². The number of benzene rings is 2. The highest BCUT2D eigenvalue weighted by molar-refractivity contribution is 8.93. The van der Waals surface area contributed by atoms with E-state index >= 15 is 0 Å². The molecular formula is C22H32BrN3S. The van der Waals surface area contributed by atoms with Crippen LogP contribution >= 0.6 is 29.2 Å². The Morgan fingerprint density at radius 2 is 1.33 bits per heavy atom. The fourth-order valence-electron chi connectivity index (χ4n) is 2.96. The Morgan fingerprint density at radius 3 is 1.78 bits per heavy atom. The molecule has 2 rings (SSSR count). The second-order valence-electron chi connectivity index (χ2n) is 6.44. The number of hydrogen-bond acceptors (Lipinski definition) is 2. The topological polar surface area (TPSA) is 18.5 Å². The molecule has 0 bridgehead atoms. The van der Waals surface area contributed by atoms with E-state index in [1.165, 1.54) is 11.1 Å². The minimum atomic E-state index is 0. The van der Waals surface area contributed by atoms with Gasteiger partial charge in [-0.1, -0.05) is 74.5 Å². The van der Waals surface area contributed by atoms with Gasteiger partial charge in [0.15, 0.2) is 5.11 Å². The van der Waals surface area contributed by atoms with Crippen LogP contribution in [0.2, 0.25) is 0 Å². The van der Waals surface area contributed by atoms with Crippen molar-refractivity contribution in [3.05, 3.63) is 71.8 Å². The highest BCUT2D eigenvalue weighted by atomic mass is 79.9. The number of nitrogens with one attached hydrogen (secondary N) is 1. The number of hydrogen-bond donors (Lipinski definition) is 1. The van der Waals surface area contributed by atoms with E-state index in [-0.39, 0.29) is 17.0 Å². The van der Waals surface area contributed by atoms with Crippen LogP contribution in [-0.4, -0.2) is 41.1 Å². The molecule has 0 amide bonds. The Labute approximate surface area is 180 Å². The van der Waals surface area contributed by atoms with Gasteiger partial charge in [0.2, 0.25) is 0 Å². The van der Waals surface area contributed by atoms with Gasteiger partial charge in [-0.3, -0.25) is 0 Å². The fraction of sp³-hybridized carbons (Fsp3) is 0.409. The lowest BCUT2D eigenvalue weighted by Gasteiger charge is -2.27. The molecular weight excluding hydrogens is 418 g/mol. The van der Waals surface area contributed by atoms with E-state index in [4.69, 9.17) is 12.2 Å². The van der Waals surface area contributed by atoms with Crippen LogP contribution in [0.3, 0.4) is 0 Å². The number of nitrogens with zero attached hydrogens (tertiary/aromatic N) is 2. The quantitative estimate of drug-likeness (QED) is 0.411. The summed E-state index contributed by atoms with van der Waals surface area (Å²) >= 11 is 5.71. The van der Waals surface area contributed by atoms with E-state index in [0.29, 0.717) is 0 Å². The second-order valence-corrected chi connectivity index (χ2v) is 6.83. The van der Waals surface area contributed by atoms with Crippen molar-refractivity contribution in [1.29, 1.82) is 0 Å². The molecule has 2 aromatic carbocycles. The van der Waals surface area contributed by atoms with Crippen LogP contribution in [-0.2, 0) is 13.1 Å². The summed E-state index contributed by atoms with van der Waals surface area (Å²) < 4.78 is 0. The van der Waals surface area contributed by atoms with Crippen LogP contribution in [0, 0.1) is 0 Å². The average Bonchev–Trinajstić information content (AvgIpc) is 2.69. The van der Waals surface area contributed by atoms with Gasteiger partial charge in [0.05, 0.1) is 0 Å². The third-order valence-electron chi connectivity index (χ3n) is 4.54. The zero-order valence-electron chi connectivity index (χ0n) is 16.4. The minimum absolute atomic E-state index is 0. The second kappa shape index (κ2) is 13.7. The van der Waals surface area contributed by atoms with Gasteiger partial charge in [0, 0.05) is 19.6 Å². The van der Waals surface area contributed by atoms with E-state index in [0.717, 1.165) is 50.8 Å². The van der Waals surface area contributed by atoms with Gasteiger partial charge in [-0.15, -0.1) is 17.0 Å². The number of halogens is 1. The van der Waals surface area contributed by atoms with E-state index in [1.807, 2.05) is 0 Å². The summed E-state index contributed by atoms with van der Waals surface area (Å²) in [6, 6.07) is 21.0. The molecule has 5 heteroatoms. The van der Waals surface area contributed by atoms with Crippen LogP contribution in [0.1, 0.15) is 31.4 Å². The van der Waals surface area contributed by atoms with Gasteiger partial charge in [-0.05, 0) is 49.4 Å². The van der Waals surface area contributed by atoms with Crippen molar-refractivity contribution in [2.45, 2.75) is 33.4 Å². The predicted octanol–water partition coefficient (Wildman–Crippen LogP) is 4.87. The predicted molar refractivity (Wildman–Crippen MR) is 125 cm³/mol. The molecule has 1 N–H and O–H groups in total. The molecule has 0 aliphatic heterocycles. The lowest BCUT2D eigenvalue weighted by atomic mass is 10.2. The molecule has 0 aromatic heterocycles. The maximum atomic E-state index is 5.71. The highest BCUT2D eigenvalue weighted by Crippen LogP contribution is 2.10. The number of rotatable bonds is 10. The van der Waals surface area contributed by atoms with Gasteiger partial charge < -0.3 is 15.1 Å². The van der Waals surface area contributed by atoms with Crippen LogP contribution in [0.15, 0.2) is 60.7 Å². The Balaban J connectivity index is 0.00000364. The van der Waals surface area contributed by atoms with Crippen molar-refractivity contribution in [3.8, 4) is 0 Å². The third kappa shape index (κ3) is 8.87. The Kier molecular flexibility index (Phi) is 12.0. The Hall–Kier alpha value is -1.43. The van der Waals surface area contributed by atoms with Crippen LogP contribution in [0.5, 0.6) is 0 Å². The van der Waals surface area contributed by atoms with Crippen molar-refractivity contribution in [2.75, 3.05) is 26.2 Å². The molecule has 148 valence electrons. The summed E-state index contributed by atoms with van der Waals surface area (Å²) in [5.41, 5.74) is 2.55. The van der Waals surface area contributed by atoms with Crippen molar-refractivity contribution in [3.63, 3.8) is 0 Å². The first kappa shape index (κ1) is 23.6. The minimum Gasteiger partial charge on any atom is -0.363 e. The maximum Gasteiger partial charge on any atom is 0.169 e. The summed E-state index contributed by atoms with van der Waals surface area (Å²) in [5.74, 6) is 0. The molecule has 0 saturated carbocycles. The molecule has 3 nitrogen and oxygen atoms in total. The molecule has 0 aliphatic rings. The van der Waals surface area contributed by atoms with Gasteiger partial charge >= 0.3 is 0 Å². The van der Waals surface area contributed by atoms with Crippen LogP contribution in [0.4, 0.5) is 0 Å². The third-order valence-corrected chi connectivity index (χ3v) is 4.94. The molecule has 0 fully saturated rings. The molecule has 0 aliphatic carbocycles. The lowest BCUT2D eigenvalue weighted by molar-refractivity contribution is 0.299. The molecule has 27 heavy (non-hydrogen) atoms. The molecule has 0 atom stereocenters. The van der Waals surface area contributed by atoms with Gasteiger partial charge in [0.1, 0.15) is 0 Å². The lowest BCUT2D eigenvalue weighted by Crippen LogP contribution is -2.40. The van der Waals surface area contributed by atoms with E-state index in [1.54, 1.807) is 0 Å². The summed E-state index contributed by atoms with van der Waals surface area (Å²) in [6.45, 7) is 10.3.